The molecule has 1 amide bonds. The maximum Gasteiger partial charge on any atom is 0.410 e. The fraction of sp³-hybridized carbons (Fsp3) is 0.929. The first-order valence-corrected chi connectivity index (χ1v) is 9.24. The van der Waals surface area contributed by atoms with Crippen molar-refractivity contribution < 1.29 is 17.9 Å². The highest BCUT2D eigenvalue weighted by Crippen LogP contribution is 2.23. The maximum absolute atomic E-state index is 12.0. The second kappa shape index (κ2) is 6.12. The highest BCUT2D eigenvalue weighted by molar-refractivity contribution is 7.89. The summed E-state index contributed by atoms with van der Waals surface area (Å²) in [7, 11) is -3.01. The van der Waals surface area contributed by atoms with Crippen LogP contribution in [0.15, 0.2) is 0 Å². The first-order chi connectivity index (χ1) is 9.67. The van der Waals surface area contributed by atoms with Gasteiger partial charge in [0, 0.05) is 26.2 Å². The van der Waals surface area contributed by atoms with Crippen molar-refractivity contribution in [3.8, 4) is 0 Å². The Hall–Kier alpha value is -0.820. The Morgan fingerprint density at radius 2 is 1.81 bits per heavy atom. The lowest BCUT2D eigenvalue weighted by Crippen LogP contribution is -2.44. The number of sulfonamides is 1. The molecule has 6 nitrogen and oxygen atoms in total. The number of hydrogen-bond donors (Lipinski definition) is 0. The Morgan fingerprint density at radius 1 is 1.19 bits per heavy atom. The molecular formula is C14H26N2O4S. The molecule has 0 aromatic carbocycles. The van der Waals surface area contributed by atoms with E-state index in [-0.39, 0.29) is 11.8 Å². The molecule has 0 N–H and O–H groups in total. The number of rotatable bonds is 2. The lowest BCUT2D eigenvalue weighted by Gasteiger charge is -2.34. The molecule has 0 spiro atoms. The van der Waals surface area contributed by atoms with Gasteiger partial charge in [0.25, 0.3) is 0 Å². The number of nitrogens with zero attached hydrogens (tertiary/aromatic N) is 2. The Bertz CT molecular complexity index is 476. The number of piperidine rings is 1. The zero-order valence-corrected chi connectivity index (χ0v) is 14.0. The van der Waals surface area contributed by atoms with Gasteiger partial charge in [0.1, 0.15) is 5.60 Å². The van der Waals surface area contributed by atoms with Gasteiger partial charge in [0.15, 0.2) is 0 Å². The van der Waals surface area contributed by atoms with E-state index < -0.39 is 15.6 Å². The lowest BCUT2D eigenvalue weighted by atomic mass is 9.97. The third-order valence-corrected chi connectivity index (χ3v) is 5.85. The van der Waals surface area contributed by atoms with Crippen molar-refractivity contribution in [2.45, 2.75) is 45.6 Å². The lowest BCUT2D eigenvalue weighted by molar-refractivity contribution is 0.0178. The van der Waals surface area contributed by atoms with Gasteiger partial charge in [-0.2, -0.15) is 0 Å². The summed E-state index contributed by atoms with van der Waals surface area (Å²) >= 11 is 0. The molecule has 2 aliphatic heterocycles. The van der Waals surface area contributed by atoms with E-state index >= 15 is 0 Å². The molecule has 122 valence electrons. The van der Waals surface area contributed by atoms with Crippen LogP contribution in [0, 0.1) is 5.92 Å². The molecule has 2 rings (SSSR count). The van der Waals surface area contributed by atoms with Crippen LogP contribution in [-0.4, -0.2) is 61.2 Å². The van der Waals surface area contributed by atoms with Crippen molar-refractivity contribution in [1.82, 2.24) is 9.21 Å². The fourth-order valence-corrected chi connectivity index (χ4v) is 4.41. The van der Waals surface area contributed by atoms with Gasteiger partial charge in [0.2, 0.25) is 10.0 Å². The normalized spacial score (nSPS) is 24.2. The van der Waals surface area contributed by atoms with Crippen LogP contribution in [0.3, 0.4) is 0 Å². The molecule has 2 saturated heterocycles. The van der Waals surface area contributed by atoms with Gasteiger partial charge >= 0.3 is 6.09 Å². The third kappa shape index (κ3) is 4.57. The average Bonchev–Trinajstić information content (AvgIpc) is 2.67. The molecule has 0 unspecified atom stereocenters. The van der Waals surface area contributed by atoms with Crippen molar-refractivity contribution in [3.05, 3.63) is 0 Å². The van der Waals surface area contributed by atoms with Gasteiger partial charge < -0.3 is 9.64 Å². The molecule has 0 radical (unpaired) electrons. The van der Waals surface area contributed by atoms with Gasteiger partial charge in [-0.25, -0.2) is 17.5 Å². The van der Waals surface area contributed by atoms with E-state index in [0.717, 1.165) is 19.3 Å². The molecular weight excluding hydrogens is 292 g/mol. The van der Waals surface area contributed by atoms with Crippen molar-refractivity contribution in [3.63, 3.8) is 0 Å². The number of amides is 1. The fourth-order valence-electron chi connectivity index (χ4n) is 2.81. The Labute approximate surface area is 127 Å². The number of likely N-dealkylation sites (tertiary alicyclic amines) is 1. The predicted octanol–water partition coefficient (Wildman–Crippen LogP) is 1.67. The second-order valence-electron chi connectivity index (χ2n) is 6.94. The molecule has 0 aromatic rings. The predicted molar refractivity (Wildman–Crippen MR) is 80.5 cm³/mol. The van der Waals surface area contributed by atoms with Gasteiger partial charge in [0.05, 0.1) is 5.75 Å². The number of carbonyl (C=O) groups is 1. The highest BCUT2D eigenvalue weighted by atomic mass is 32.2. The summed E-state index contributed by atoms with van der Waals surface area (Å²) < 4.78 is 30.6. The molecule has 2 heterocycles. The molecule has 2 aliphatic rings. The maximum atomic E-state index is 12.0. The molecule has 7 heteroatoms. The molecule has 21 heavy (non-hydrogen) atoms. The van der Waals surface area contributed by atoms with Crippen LogP contribution in [0.4, 0.5) is 4.79 Å². The molecule has 0 aromatic heterocycles. The highest BCUT2D eigenvalue weighted by Gasteiger charge is 2.32. The van der Waals surface area contributed by atoms with E-state index in [1.54, 1.807) is 9.21 Å². The minimum atomic E-state index is -3.01. The summed E-state index contributed by atoms with van der Waals surface area (Å²) in [6, 6.07) is 0. The second-order valence-corrected chi connectivity index (χ2v) is 9.03. The van der Waals surface area contributed by atoms with E-state index in [0.29, 0.717) is 32.1 Å². The molecule has 2 fully saturated rings. The van der Waals surface area contributed by atoms with Crippen LogP contribution in [0.25, 0.3) is 0 Å². The van der Waals surface area contributed by atoms with Gasteiger partial charge in [-0.1, -0.05) is 0 Å². The Morgan fingerprint density at radius 3 is 2.29 bits per heavy atom. The van der Waals surface area contributed by atoms with Crippen LogP contribution in [0.1, 0.15) is 40.0 Å². The summed E-state index contributed by atoms with van der Waals surface area (Å²) in [5.41, 5.74) is -0.475. The van der Waals surface area contributed by atoms with E-state index in [1.807, 2.05) is 20.8 Å². The Kier molecular flexibility index (Phi) is 4.82. The minimum Gasteiger partial charge on any atom is -0.444 e. The van der Waals surface area contributed by atoms with Gasteiger partial charge in [-0.05, 0) is 46.0 Å². The summed E-state index contributed by atoms with van der Waals surface area (Å²) in [4.78, 5) is 13.7. The molecule has 0 aliphatic carbocycles. The zero-order chi connectivity index (χ0) is 15.7. The van der Waals surface area contributed by atoms with Crippen molar-refractivity contribution >= 4 is 16.1 Å². The van der Waals surface area contributed by atoms with Crippen LogP contribution in [-0.2, 0) is 14.8 Å². The topological polar surface area (TPSA) is 66.9 Å². The van der Waals surface area contributed by atoms with Crippen LogP contribution in [0.2, 0.25) is 0 Å². The summed E-state index contributed by atoms with van der Waals surface area (Å²) in [6.45, 7) is 8.11. The van der Waals surface area contributed by atoms with E-state index in [4.69, 9.17) is 4.74 Å². The van der Waals surface area contributed by atoms with Crippen molar-refractivity contribution in [2.24, 2.45) is 5.92 Å². The number of hydrogen-bond acceptors (Lipinski definition) is 4. The Balaban J connectivity index is 1.80. The standard InChI is InChI=1S/C14H26N2O4S/c1-14(2,3)20-13(17)15-8-5-12(6-9-15)11-16-7-4-10-21(16,18)19/h12H,4-11H2,1-3H3. The molecule has 0 saturated carbocycles. The zero-order valence-electron chi connectivity index (χ0n) is 13.2. The first-order valence-electron chi connectivity index (χ1n) is 7.63. The van der Waals surface area contributed by atoms with E-state index in [9.17, 15) is 13.2 Å². The van der Waals surface area contributed by atoms with Crippen LogP contribution >= 0.6 is 0 Å². The van der Waals surface area contributed by atoms with Gasteiger partial charge in [-0.15, -0.1) is 0 Å². The number of ether oxygens (including phenoxy) is 1. The quantitative estimate of drug-likeness (QED) is 0.777. The van der Waals surface area contributed by atoms with Gasteiger partial charge in [-0.3, -0.25) is 0 Å². The van der Waals surface area contributed by atoms with E-state index in [2.05, 4.69) is 0 Å². The third-order valence-electron chi connectivity index (χ3n) is 3.93. The summed E-state index contributed by atoms with van der Waals surface area (Å²) in [6.07, 6.45) is 2.14. The van der Waals surface area contributed by atoms with Crippen LogP contribution < -0.4 is 0 Å². The monoisotopic (exact) mass is 318 g/mol. The summed E-state index contributed by atoms with van der Waals surface area (Å²) in [5.74, 6) is 0.626. The molecule has 0 atom stereocenters. The number of carbonyl (C=O) groups excluding carboxylic acids is 1. The minimum absolute atomic E-state index is 0.269. The smallest absolute Gasteiger partial charge is 0.410 e. The first kappa shape index (κ1) is 16.5. The van der Waals surface area contributed by atoms with Crippen LogP contribution in [0.5, 0.6) is 0 Å². The van der Waals surface area contributed by atoms with Crippen molar-refractivity contribution in [2.75, 3.05) is 31.9 Å². The molecule has 0 bridgehead atoms. The summed E-state index contributed by atoms with van der Waals surface area (Å²) in [5, 5.41) is 0. The van der Waals surface area contributed by atoms with E-state index in [1.165, 1.54) is 0 Å². The largest absolute Gasteiger partial charge is 0.444 e. The SMILES string of the molecule is CC(C)(C)OC(=O)N1CCC(CN2CCCS2(=O)=O)CC1. The van der Waals surface area contributed by atoms with Crippen molar-refractivity contribution in [1.29, 1.82) is 0 Å². The average molecular weight is 318 g/mol.